The molecule has 1 aromatic carbocycles. The van der Waals surface area contributed by atoms with Gasteiger partial charge in [0.2, 0.25) is 6.79 Å². The monoisotopic (exact) mass is 353 g/mol. The summed E-state index contributed by atoms with van der Waals surface area (Å²) in [6.45, 7) is 3.88. The number of nitrogens with zero attached hydrogens (tertiary/aromatic N) is 2. The van der Waals surface area contributed by atoms with Gasteiger partial charge in [-0.25, -0.2) is 0 Å². The first-order valence-electron chi connectivity index (χ1n) is 9.07. The van der Waals surface area contributed by atoms with Crippen molar-refractivity contribution in [3.8, 4) is 11.5 Å². The quantitative estimate of drug-likeness (QED) is 0.895. The van der Waals surface area contributed by atoms with E-state index < -0.39 is 0 Å². The molecule has 6 heteroatoms. The third-order valence-corrected chi connectivity index (χ3v) is 4.95. The number of hydrogen-bond acceptors (Lipinski definition) is 5. The van der Waals surface area contributed by atoms with Crippen LogP contribution in [0.2, 0.25) is 0 Å². The van der Waals surface area contributed by atoms with E-state index in [1.54, 1.807) is 24.5 Å². The highest BCUT2D eigenvalue weighted by molar-refractivity contribution is 5.93. The van der Waals surface area contributed by atoms with Crippen molar-refractivity contribution in [2.45, 2.75) is 19.4 Å². The largest absolute Gasteiger partial charge is 0.454 e. The lowest BCUT2D eigenvalue weighted by atomic mass is 9.97. The van der Waals surface area contributed by atoms with Crippen LogP contribution in [0.15, 0.2) is 42.7 Å². The molecule has 1 atom stereocenters. The van der Waals surface area contributed by atoms with Crippen molar-refractivity contribution in [3.05, 3.63) is 53.9 Å². The Kier molecular flexibility index (Phi) is 5.02. The predicted molar refractivity (Wildman–Crippen MR) is 97.1 cm³/mol. The molecule has 6 nitrogen and oxygen atoms in total. The third kappa shape index (κ3) is 3.80. The zero-order valence-electron chi connectivity index (χ0n) is 14.7. The summed E-state index contributed by atoms with van der Waals surface area (Å²) in [5.41, 5.74) is 1.78. The Morgan fingerprint density at radius 3 is 3.12 bits per heavy atom. The zero-order chi connectivity index (χ0) is 17.8. The van der Waals surface area contributed by atoms with E-state index in [1.165, 1.54) is 5.56 Å². The molecule has 1 saturated heterocycles. The molecular weight excluding hydrogens is 330 g/mol. The van der Waals surface area contributed by atoms with Crippen molar-refractivity contribution in [3.63, 3.8) is 0 Å². The molecule has 1 amide bonds. The van der Waals surface area contributed by atoms with Crippen LogP contribution < -0.4 is 14.8 Å². The molecule has 4 rings (SSSR count). The summed E-state index contributed by atoms with van der Waals surface area (Å²) in [7, 11) is 0. The maximum Gasteiger partial charge on any atom is 0.252 e. The Labute approximate surface area is 153 Å². The van der Waals surface area contributed by atoms with Gasteiger partial charge in [-0.2, -0.15) is 0 Å². The highest BCUT2D eigenvalue weighted by Gasteiger charge is 2.23. The van der Waals surface area contributed by atoms with Gasteiger partial charge in [-0.1, -0.05) is 12.1 Å². The number of hydrogen-bond donors (Lipinski definition) is 1. The van der Waals surface area contributed by atoms with Crippen LogP contribution in [0.5, 0.6) is 11.5 Å². The zero-order valence-corrected chi connectivity index (χ0v) is 14.7. The van der Waals surface area contributed by atoms with E-state index in [9.17, 15) is 4.79 Å². The minimum Gasteiger partial charge on any atom is -0.454 e. The number of carbonyl (C=O) groups excluding carboxylic acids is 1. The average molecular weight is 353 g/mol. The normalized spacial score (nSPS) is 19.3. The highest BCUT2D eigenvalue weighted by Crippen LogP contribution is 2.36. The van der Waals surface area contributed by atoms with Crippen LogP contribution in [-0.2, 0) is 6.54 Å². The summed E-state index contributed by atoms with van der Waals surface area (Å²) in [6, 6.07) is 9.62. The number of likely N-dealkylation sites (tertiary alicyclic amines) is 1. The van der Waals surface area contributed by atoms with Crippen LogP contribution in [0, 0.1) is 5.92 Å². The number of aromatic nitrogens is 1. The lowest BCUT2D eigenvalue weighted by molar-refractivity contribution is 0.0930. The lowest BCUT2D eigenvalue weighted by Gasteiger charge is -2.33. The predicted octanol–water partition coefficient (Wildman–Crippen LogP) is 2.45. The average Bonchev–Trinajstić information content (AvgIpc) is 3.17. The maximum atomic E-state index is 12.2. The second-order valence-electron chi connectivity index (χ2n) is 6.85. The van der Waals surface area contributed by atoms with E-state index >= 15 is 0 Å². The Hall–Kier alpha value is -2.60. The number of fused-ring (bicyclic) bond motifs is 1. The standard InChI is InChI=1S/C20H23N3O3/c24-20(16-6-2-8-21-11-16)22-10-15-4-3-9-23(12-15)13-17-5-1-7-18-19(17)26-14-25-18/h1-2,5-8,11,15H,3-4,9-10,12-14H2,(H,22,24). The van der Waals surface area contributed by atoms with Gasteiger partial charge >= 0.3 is 0 Å². The molecule has 2 aliphatic heterocycles. The summed E-state index contributed by atoms with van der Waals surface area (Å²) < 4.78 is 11.1. The van der Waals surface area contributed by atoms with Crippen molar-refractivity contribution in [2.24, 2.45) is 5.92 Å². The lowest BCUT2D eigenvalue weighted by Crippen LogP contribution is -2.40. The minimum absolute atomic E-state index is 0.0540. The van der Waals surface area contributed by atoms with Crippen molar-refractivity contribution in [1.29, 1.82) is 0 Å². The van der Waals surface area contributed by atoms with Gasteiger partial charge < -0.3 is 14.8 Å². The fraction of sp³-hybridized carbons (Fsp3) is 0.400. The first kappa shape index (κ1) is 16.8. The van der Waals surface area contributed by atoms with Crippen molar-refractivity contribution < 1.29 is 14.3 Å². The first-order chi connectivity index (χ1) is 12.8. The minimum atomic E-state index is -0.0540. The number of para-hydroxylation sites is 1. The molecule has 0 spiro atoms. The summed E-state index contributed by atoms with van der Waals surface area (Å²) >= 11 is 0. The van der Waals surface area contributed by atoms with Gasteiger partial charge in [-0.15, -0.1) is 0 Å². The van der Waals surface area contributed by atoms with Gasteiger partial charge in [0.25, 0.3) is 5.91 Å². The molecule has 1 fully saturated rings. The molecule has 2 aromatic rings. The van der Waals surface area contributed by atoms with Crippen LogP contribution >= 0.6 is 0 Å². The van der Waals surface area contributed by atoms with Crippen molar-refractivity contribution >= 4 is 5.91 Å². The van der Waals surface area contributed by atoms with E-state index in [0.717, 1.165) is 44.0 Å². The molecule has 1 unspecified atom stereocenters. The summed E-state index contributed by atoms with van der Waals surface area (Å²) in [5.74, 6) is 2.11. The summed E-state index contributed by atoms with van der Waals surface area (Å²) in [4.78, 5) is 18.6. The Morgan fingerprint density at radius 2 is 2.23 bits per heavy atom. The van der Waals surface area contributed by atoms with Gasteiger partial charge in [0.05, 0.1) is 5.56 Å². The Bertz CT molecular complexity index is 766. The van der Waals surface area contributed by atoms with E-state index in [0.29, 0.717) is 24.8 Å². The number of piperidine rings is 1. The molecule has 0 bridgehead atoms. The van der Waals surface area contributed by atoms with Crippen LogP contribution in [-0.4, -0.2) is 42.2 Å². The molecule has 3 heterocycles. The fourth-order valence-corrected chi connectivity index (χ4v) is 3.65. The smallest absolute Gasteiger partial charge is 0.252 e. The van der Waals surface area contributed by atoms with Crippen LogP contribution in [0.25, 0.3) is 0 Å². The second kappa shape index (κ2) is 7.74. The highest BCUT2D eigenvalue weighted by atomic mass is 16.7. The summed E-state index contributed by atoms with van der Waals surface area (Å²) in [6.07, 6.45) is 5.54. The molecule has 1 N–H and O–H groups in total. The van der Waals surface area contributed by atoms with Crippen LogP contribution in [0.1, 0.15) is 28.8 Å². The third-order valence-electron chi connectivity index (χ3n) is 4.95. The second-order valence-corrected chi connectivity index (χ2v) is 6.85. The molecule has 0 radical (unpaired) electrons. The molecular formula is C20H23N3O3. The van der Waals surface area contributed by atoms with Crippen LogP contribution in [0.4, 0.5) is 0 Å². The number of amides is 1. The van der Waals surface area contributed by atoms with Crippen molar-refractivity contribution in [2.75, 3.05) is 26.4 Å². The van der Waals surface area contributed by atoms with Gasteiger partial charge in [-0.05, 0) is 43.5 Å². The molecule has 0 saturated carbocycles. The number of carbonyl (C=O) groups is 1. The first-order valence-corrected chi connectivity index (χ1v) is 9.07. The molecule has 0 aliphatic carbocycles. The number of pyridine rings is 1. The van der Waals surface area contributed by atoms with E-state index in [2.05, 4.69) is 21.3 Å². The number of ether oxygens (including phenoxy) is 2. The number of rotatable bonds is 5. The van der Waals surface area contributed by atoms with Gasteiger partial charge in [-0.3, -0.25) is 14.7 Å². The van der Waals surface area contributed by atoms with Gasteiger partial charge in [0.1, 0.15) is 0 Å². The van der Waals surface area contributed by atoms with E-state index in [4.69, 9.17) is 9.47 Å². The van der Waals surface area contributed by atoms with Crippen LogP contribution in [0.3, 0.4) is 0 Å². The van der Waals surface area contributed by atoms with E-state index in [1.807, 2.05) is 12.1 Å². The number of benzene rings is 1. The molecule has 1 aromatic heterocycles. The van der Waals surface area contributed by atoms with Gasteiger partial charge in [0.15, 0.2) is 11.5 Å². The topological polar surface area (TPSA) is 63.7 Å². The molecule has 26 heavy (non-hydrogen) atoms. The van der Waals surface area contributed by atoms with E-state index in [-0.39, 0.29) is 5.91 Å². The summed E-state index contributed by atoms with van der Waals surface area (Å²) in [5, 5.41) is 3.04. The molecule has 2 aliphatic rings. The number of nitrogens with one attached hydrogen (secondary N) is 1. The van der Waals surface area contributed by atoms with Gasteiger partial charge in [0, 0.05) is 37.6 Å². The molecule has 136 valence electrons. The SMILES string of the molecule is O=C(NCC1CCCN(Cc2cccc3c2OCO3)C1)c1cccnc1. The Morgan fingerprint density at radius 1 is 1.27 bits per heavy atom. The fourth-order valence-electron chi connectivity index (χ4n) is 3.65. The maximum absolute atomic E-state index is 12.2. The Balaban J connectivity index is 1.32. The van der Waals surface area contributed by atoms with Crippen molar-refractivity contribution in [1.82, 2.24) is 15.2 Å².